The Kier molecular flexibility index (Phi) is 6.95. The maximum absolute atomic E-state index is 12.1. The summed E-state index contributed by atoms with van der Waals surface area (Å²) in [4.78, 5) is 23.9. The highest BCUT2D eigenvalue weighted by Crippen LogP contribution is 2.14. The number of benzene rings is 2. The van der Waals surface area contributed by atoms with Gasteiger partial charge in [0.15, 0.2) is 6.10 Å². The van der Waals surface area contributed by atoms with E-state index in [1.54, 1.807) is 36.4 Å². The molecule has 0 radical (unpaired) electrons. The predicted octanol–water partition coefficient (Wildman–Crippen LogP) is 2.50. The van der Waals surface area contributed by atoms with Gasteiger partial charge < -0.3 is 10.1 Å². The van der Waals surface area contributed by atoms with Gasteiger partial charge in [-0.25, -0.2) is 8.42 Å². The summed E-state index contributed by atoms with van der Waals surface area (Å²) in [6.45, 7) is 2.63. The van der Waals surface area contributed by atoms with E-state index >= 15 is 0 Å². The van der Waals surface area contributed by atoms with Crippen LogP contribution in [0.3, 0.4) is 0 Å². The third-order valence-corrected chi connectivity index (χ3v) is 5.20. The van der Waals surface area contributed by atoms with Crippen molar-refractivity contribution in [2.24, 2.45) is 0 Å². The van der Waals surface area contributed by atoms with Crippen LogP contribution in [-0.4, -0.2) is 32.9 Å². The number of amides is 1. The molecule has 2 rings (SSSR count). The Balaban J connectivity index is 1.86. The standard InChI is InChI=1S/C18H19ClN2O5S/c1-12-3-9-16(10-4-12)27(24,25)20-11-17(22)26-13(2)18(23)21-15-7-5-14(19)6-8-15/h3-10,13,20H,11H2,1-2H3,(H,21,23)/t13-/m0/s1. The van der Waals surface area contributed by atoms with Gasteiger partial charge in [0, 0.05) is 10.7 Å². The molecule has 0 spiro atoms. The SMILES string of the molecule is Cc1ccc(S(=O)(=O)NCC(=O)O[C@@H](C)C(=O)Nc2ccc(Cl)cc2)cc1. The number of sulfonamides is 1. The zero-order valence-electron chi connectivity index (χ0n) is 14.7. The van der Waals surface area contributed by atoms with E-state index in [1.807, 2.05) is 6.92 Å². The molecule has 7 nitrogen and oxygen atoms in total. The number of nitrogens with one attached hydrogen (secondary N) is 2. The van der Waals surface area contributed by atoms with Crippen LogP contribution >= 0.6 is 11.6 Å². The Bertz CT molecular complexity index is 912. The highest BCUT2D eigenvalue weighted by atomic mass is 35.5. The summed E-state index contributed by atoms with van der Waals surface area (Å²) in [7, 11) is -3.84. The fourth-order valence-electron chi connectivity index (χ4n) is 2.02. The van der Waals surface area contributed by atoms with Gasteiger partial charge >= 0.3 is 5.97 Å². The fraction of sp³-hybridized carbons (Fsp3) is 0.222. The van der Waals surface area contributed by atoms with E-state index in [-0.39, 0.29) is 4.90 Å². The van der Waals surface area contributed by atoms with Crippen molar-refractivity contribution in [2.45, 2.75) is 24.8 Å². The molecule has 0 heterocycles. The van der Waals surface area contributed by atoms with Crippen molar-refractivity contribution < 1.29 is 22.7 Å². The minimum atomic E-state index is -3.84. The van der Waals surface area contributed by atoms with Crippen LogP contribution in [0, 0.1) is 6.92 Å². The highest BCUT2D eigenvalue weighted by Gasteiger charge is 2.20. The number of ether oxygens (including phenoxy) is 1. The Morgan fingerprint density at radius 1 is 1.07 bits per heavy atom. The lowest BCUT2D eigenvalue weighted by Crippen LogP contribution is -2.35. The molecule has 27 heavy (non-hydrogen) atoms. The first kappa shape index (κ1) is 20.9. The molecule has 9 heteroatoms. The maximum atomic E-state index is 12.1. The number of rotatable bonds is 7. The molecule has 1 amide bonds. The van der Waals surface area contributed by atoms with E-state index in [0.717, 1.165) is 5.56 Å². The van der Waals surface area contributed by atoms with Crippen molar-refractivity contribution in [3.05, 3.63) is 59.1 Å². The van der Waals surface area contributed by atoms with Crippen molar-refractivity contribution >= 4 is 39.2 Å². The first-order chi connectivity index (χ1) is 12.7. The molecular weight excluding hydrogens is 392 g/mol. The van der Waals surface area contributed by atoms with Gasteiger partial charge in [0.25, 0.3) is 5.91 Å². The van der Waals surface area contributed by atoms with Crippen LogP contribution in [0.1, 0.15) is 12.5 Å². The zero-order valence-corrected chi connectivity index (χ0v) is 16.3. The van der Waals surface area contributed by atoms with Crippen LogP contribution in [0.15, 0.2) is 53.4 Å². The molecule has 2 N–H and O–H groups in total. The smallest absolute Gasteiger partial charge is 0.321 e. The Morgan fingerprint density at radius 2 is 1.67 bits per heavy atom. The van der Waals surface area contributed by atoms with Gasteiger partial charge in [-0.05, 0) is 50.2 Å². The molecule has 1 atom stereocenters. The number of carbonyl (C=O) groups excluding carboxylic acids is 2. The summed E-state index contributed by atoms with van der Waals surface area (Å²) in [6.07, 6.45) is -1.10. The van der Waals surface area contributed by atoms with E-state index < -0.39 is 34.5 Å². The van der Waals surface area contributed by atoms with Gasteiger partial charge in [0.05, 0.1) is 4.90 Å². The average molecular weight is 411 g/mol. The third-order valence-electron chi connectivity index (χ3n) is 3.53. The third kappa shape index (κ3) is 6.35. The number of aryl methyl sites for hydroxylation is 1. The van der Waals surface area contributed by atoms with Crippen molar-refractivity contribution in [1.82, 2.24) is 4.72 Å². The van der Waals surface area contributed by atoms with Crippen LogP contribution in [0.5, 0.6) is 0 Å². The maximum Gasteiger partial charge on any atom is 0.321 e. The van der Waals surface area contributed by atoms with E-state index in [0.29, 0.717) is 10.7 Å². The second-order valence-electron chi connectivity index (χ2n) is 5.77. The summed E-state index contributed by atoms with van der Waals surface area (Å²) >= 11 is 5.77. The largest absolute Gasteiger partial charge is 0.452 e. The quantitative estimate of drug-likeness (QED) is 0.683. The molecule has 0 bridgehead atoms. The van der Waals surface area contributed by atoms with E-state index in [4.69, 9.17) is 16.3 Å². The first-order valence-corrected chi connectivity index (χ1v) is 9.86. The molecule has 0 saturated carbocycles. The molecule has 0 unspecified atom stereocenters. The van der Waals surface area contributed by atoms with E-state index in [2.05, 4.69) is 10.0 Å². The lowest BCUT2D eigenvalue weighted by atomic mass is 10.2. The Morgan fingerprint density at radius 3 is 2.26 bits per heavy atom. The summed E-state index contributed by atoms with van der Waals surface area (Å²) in [5.41, 5.74) is 1.40. The van der Waals surface area contributed by atoms with E-state index in [1.165, 1.54) is 19.1 Å². The minimum absolute atomic E-state index is 0.0365. The van der Waals surface area contributed by atoms with Crippen LogP contribution in [0.25, 0.3) is 0 Å². The molecule has 0 aliphatic heterocycles. The Hall–Kier alpha value is -2.42. The molecule has 0 fully saturated rings. The molecule has 0 aromatic heterocycles. The number of halogens is 1. The lowest BCUT2D eigenvalue weighted by molar-refractivity contribution is -0.151. The van der Waals surface area contributed by atoms with Crippen molar-refractivity contribution in [1.29, 1.82) is 0 Å². The summed E-state index contributed by atoms with van der Waals surface area (Å²) in [5, 5.41) is 3.09. The minimum Gasteiger partial charge on any atom is -0.452 e. The summed E-state index contributed by atoms with van der Waals surface area (Å²) < 4.78 is 31.4. The number of esters is 1. The molecule has 144 valence electrons. The van der Waals surface area contributed by atoms with Crippen molar-refractivity contribution in [3.63, 3.8) is 0 Å². The predicted molar refractivity (Wildman–Crippen MR) is 102 cm³/mol. The second-order valence-corrected chi connectivity index (χ2v) is 7.97. The van der Waals surface area contributed by atoms with Crippen LogP contribution in [0.4, 0.5) is 5.69 Å². The molecule has 2 aromatic rings. The van der Waals surface area contributed by atoms with Gasteiger partial charge in [0.1, 0.15) is 6.54 Å². The van der Waals surface area contributed by atoms with Gasteiger partial charge in [-0.2, -0.15) is 4.72 Å². The van der Waals surface area contributed by atoms with Crippen LogP contribution in [-0.2, 0) is 24.3 Å². The highest BCUT2D eigenvalue weighted by molar-refractivity contribution is 7.89. The second kappa shape index (κ2) is 8.98. The van der Waals surface area contributed by atoms with Gasteiger partial charge in [-0.1, -0.05) is 29.3 Å². The molecular formula is C18H19ClN2O5S. The Labute approximate surface area is 162 Å². The monoisotopic (exact) mass is 410 g/mol. The van der Waals surface area contributed by atoms with Gasteiger partial charge in [0.2, 0.25) is 10.0 Å². The van der Waals surface area contributed by atoms with Gasteiger partial charge in [-0.15, -0.1) is 0 Å². The van der Waals surface area contributed by atoms with Crippen molar-refractivity contribution in [2.75, 3.05) is 11.9 Å². The van der Waals surface area contributed by atoms with Crippen LogP contribution < -0.4 is 10.0 Å². The van der Waals surface area contributed by atoms with Crippen LogP contribution in [0.2, 0.25) is 5.02 Å². The average Bonchev–Trinajstić information content (AvgIpc) is 2.62. The van der Waals surface area contributed by atoms with Crippen molar-refractivity contribution in [3.8, 4) is 0 Å². The molecule has 0 aliphatic carbocycles. The number of carbonyl (C=O) groups is 2. The first-order valence-electron chi connectivity index (χ1n) is 7.99. The molecule has 0 saturated heterocycles. The number of hydrogen-bond donors (Lipinski definition) is 2. The molecule has 0 aliphatic rings. The topological polar surface area (TPSA) is 102 Å². The van der Waals surface area contributed by atoms with E-state index in [9.17, 15) is 18.0 Å². The summed E-state index contributed by atoms with van der Waals surface area (Å²) in [6, 6.07) is 12.6. The zero-order chi connectivity index (χ0) is 20.0. The normalized spacial score (nSPS) is 12.3. The number of hydrogen-bond acceptors (Lipinski definition) is 5. The van der Waals surface area contributed by atoms with Gasteiger partial charge in [-0.3, -0.25) is 9.59 Å². The lowest BCUT2D eigenvalue weighted by Gasteiger charge is -2.14. The molecule has 2 aromatic carbocycles. The summed E-state index contributed by atoms with van der Waals surface area (Å²) in [5.74, 6) is -1.42. The number of anilines is 1. The fourth-order valence-corrected chi connectivity index (χ4v) is 3.12.